The predicted octanol–water partition coefficient (Wildman–Crippen LogP) is 2.67. The van der Waals surface area contributed by atoms with E-state index in [1.807, 2.05) is 25.1 Å². The number of nitrogens with zero attached hydrogens (tertiary/aromatic N) is 1. The smallest absolute Gasteiger partial charge is 0.331 e. The lowest BCUT2D eigenvalue weighted by atomic mass is 10.2. The summed E-state index contributed by atoms with van der Waals surface area (Å²) in [6.07, 6.45) is 6.45. The first-order chi connectivity index (χ1) is 8.70. The van der Waals surface area contributed by atoms with Crippen LogP contribution >= 0.6 is 0 Å². The Bertz CT molecular complexity index is 418. The molecule has 1 aromatic rings. The van der Waals surface area contributed by atoms with Gasteiger partial charge < -0.3 is 9.52 Å². The number of carboxylic acid groups (broad SMARTS) is 1. The number of hydrogen-bond donors (Lipinski definition) is 1. The van der Waals surface area contributed by atoms with Gasteiger partial charge in [0.25, 0.3) is 0 Å². The highest BCUT2D eigenvalue weighted by molar-refractivity contribution is 5.86. The summed E-state index contributed by atoms with van der Waals surface area (Å²) < 4.78 is 5.34. The van der Waals surface area contributed by atoms with Crippen molar-refractivity contribution in [3.05, 3.63) is 35.8 Å². The summed E-state index contributed by atoms with van der Waals surface area (Å²) >= 11 is 0. The molecule has 1 N–H and O–H groups in total. The minimum absolute atomic E-state index is 0.486. The van der Waals surface area contributed by atoms with Crippen LogP contribution in [0, 0.1) is 0 Å². The Kier molecular flexibility index (Phi) is 4.20. The molecule has 0 aromatic carbocycles. The molecule has 4 heteroatoms. The van der Waals surface area contributed by atoms with Crippen LogP contribution in [0.15, 0.2) is 34.5 Å². The molecule has 2 rings (SSSR count). The van der Waals surface area contributed by atoms with Crippen LogP contribution < -0.4 is 0 Å². The van der Waals surface area contributed by atoms with Gasteiger partial charge in [0.1, 0.15) is 5.76 Å². The molecule has 0 spiro atoms. The van der Waals surface area contributed by atoms with E-state index in [9.17, 15) is 4.79 Å². The van der Waals surface area contributed by atoms with Crippen molar-refractivity contribution in [2.24, 2.45) is 0 Å². The van der Waals surface area contributed by atoms with Crippen LogP contribution in [-0.2, 0) is 11.3 Å². The number of furan rings is 1. The molecule has 1 heterocycles. The molecular weight excluding hydrogens is 230 g/mol. The van der Waals surface area contributed by atoms with Crippen LogP contribution in [0.1, 0.15) is 31.9 Å². The second-order valence-electron chi connectivity index (χ2n) is 4.63. The molecule has 1 aromatic heterocycles. The summed E-state index contributed by atoms with van der Waals surface area (Å²) in [5, 5.41) is 8.99. The van der Waals surface area contributed by atoms with E-state index in [-0.39, 0.29) is 0 Å². The maximum Gasteiger partial charge on any atom is 0.331 e. The molecule has 0 radical (unpaired) electrons. The molecule has 0 saturated heterocycles. The van der Waals surface area contributed by atoms with Gasteiger partial charge in [-0.1, -0.05) is 13.0 Å². The summed E-state index contributed by atoms with van der Waals surface area (Å²) in [6.45, 7) is 3.31. The molecule has 1 fully saturated rings. The number of carboxylic acids is 1. The van der Waals surface area contributed by atoms with Gasteiger partial charge in [0, 0.05) is 18.2 Å². The van der Waals surface area contributed by atoms with Gasteiger partial charge in [-0.3, -0.25) is 4.90 Å². The highest BCUT2D eigenvalue weighted by Crippen LogP contribution is 2.28. The van der Waals surface area contributed by atoms with Crippen LogP contribution in [0.3, 0.4) is 0 Å². The molecule has 1 aliphatic carbocycles. The van der Waals surface area contributed by atoms with Crippen molar-refractivity contribution >= 4 is 5.97 Å². The Morgan fingerprint density at radius 3 is 2.89 bits per heavy atom. The van der Waals surface area contributed by atoms with Gasteiger partial charge in [-0.2, -0.15) is 0 Å². The molecule has 0 bridgehead atoms. The fourth-order valence-corrected chi connectivity index (χ4v) is 2.00. The first-order valence-electron chi connectivity index (χ1n) is 6.39. The number of carbonyl (C=O) groups is 1. The van der Waals surface area contributed by atoms with Crippen molar-refractivity contribution in [1.82, 2.24) is 4.90 Å². The van der Waals surface area contributed by atoms with Gasteiger partial charge in [-0.25, -0.2) is 4.79 Å². The first-order valence-corrected chi connectivity index (χ1v) is 6.39. The summed E-state index contributed by atoms with van der Waals surface area (Å²) in [7, 11) is 0. The van der Waals surface area contributed by atoms with Gasteiger partial charge in [0.2, 0.25) is 0 Å². The molecule has 0 unspecified atom stereocenters. The third-order valence-electron chi connectivity index (χ3n) is 3.23. The minimum atomic E-state index is -0.814. The fraction of sp³-hybridized carbons (Fsp3) is 0.500. The Balaban J connectivity index is 1.96. The van der Waals surface area contributed by atoms with Crippen molar-refractivity contribution in [2.75, 3.05) is 6.54 Å². The Labute approximate surface area is 107 Å². The van der Waals surface area contributed by atoms with Gasteiger partial charge in [0.05, 0.1) is 12.8 Å². The Morgan fingerprint density at radius 2 is 2.39 bits per heavy atom. The molecule has 0 aliphatic heterocycles. The SMILES string of the molecule is CCC(=CCN(Cc1ccco1)C1CC1)C(=O)O. The van der Waals surface area contributed by atoms with Gasteiger partial charge in [-0.15, -0.1) is 0 Å². The zero-order valence-electron chi connectivity index (χ0n) is 10.6. The Hall–Kier alpha value is -1.55. The minimum Gasteiger partial charge on any atom is -0.478 e. The van der Waals surface area contributed by atoms with E-state index in [2.05, 4.69) is 4.90 Å². The molecule has 1 aliphatic rings. The molecule has 4 nitrogen and oxygen atoms in total. The number of aliphatic carboxylic acids is 1. The largest absolute Gasteiger partial charge is 0.478 e. The third kappa shape index (κ3) is 3.47. The van der Waals surface area contributed by atoms with Crippen molar-refractivity contribution in [3.63, 3.8) is 0 Å². The summed E-state index contributed by atoms with van der Waals surface area (Å²) in [6, 6.07) is 4.42. The number of rotatable bonds is 7. The average molecular weight is 249 g/mol. The number of hydrogen-bond acceptors (Lipinski definition) is 3. The molecule has 18 heavy (non-hydrogen) atoms. The van der Waals surface area contributed by atoms with E-state index in [1.165, 1.54) is 12.8 Å². The maximum atomic E-state index is 10.9. The van der Waals surface area contributed by atoms with Crippen molar-refractivity contribution in [3.8, 4) is 0 Å². The summed E-state index contributed by atoms with van der Waals surface area (Å²) in [5.41, 5.74) is 0.486. The predicted molar refractivity (Wildman–Crippen MR) is 68.1 cm³/mol. The first kappa shape index (κ1) is 12.9. The average Bonchev–Trinajstić information content (AvgIpc) is 3.06. The van der Waals surface area contributed by atoms with Crippen molar-refractivity contribution < 1.29 is 14.3 Å². The monoisotopic (exact) mass is 249 g/mol. The van der Waals surface area contributed by atoms with E-state index < -0.39 is 5.97 Å². The lowest BCUT2D eigenvalue weighted by Gasteiger charge is -2.19. The van der Waals surface area contributed by atoms with Crippen LogP contribution in [0.5, 0.6) is 0 Å². The molecular formula is C14H19NO3. The highest BCUT2D eigenvalue weighted by Gasteiger charge is 2.28. The topological polar surface area (TPSA) is 53.7 Å². The molecule has 0 atom stereocenters. The van der Waals surface area contributed by atoms with Crippen molar-refractivity contribution in [2.45, 2.75) is 38.8 Å². The lowest BCUT2D eigenvalue weighted by molar-refractivity contribution is -0.132. The lowest BCUT2D eigenvalue weighted by Crippen LogP contribution is -2.26. The zero-order valence-corrected chi connectivity index (χ0v) is 10.6. The van der Waals surface area contributed by atoms with Crippen LogP contribution in [0.2, 0.25) is 0 Å². The third-order valence-corrected chi connectivity index (χ3v) is 3.23. The quantitative estimate of drug-likeness (QED) is 0.755. The van der Waals surface area contributed by atoms with Crippen LogP contribution in [0.4, 0.5) is 0 Å². The standard InChI is InChI=1S/C14H19NO3/c1-2-11(14(16)17)7-8-15(12-5-6-12)10-13-4-3-9-18-13/h3-4,7,9,12H,2,5-6,8,10H2,1H3,(H,16,17). The van der Waals surface area contributed by atoms with E-state index in [1.54, 1.807) is 6.26 Å². The maximum absolute atomic E-state index is 10.9. The van der Waals surface area contributed by atoms with Crippen LogP contribution in [-0.4, -0.2) is 28.6 Å². The second-order valence-corrected chi connectivity index (χ2v) is 4.63. The molecule has 0 amide bonds. The van der Waals surface area contributed by atoms with Crippen molar-refractivity contribution in [1.29, 1.82) is 0 Å². The Morgan fingerprint density at radius 1 is 1.61 bits per heavy atom. The normalized spacial score (nSPS) is 16.2. The van der Waals surface area contributed by atoms with Gasteiger partial charge in [0.15, 0.2) is 0 Å². The van der Waals surface area contributed by atoms with E-state index in [0.717, 1.165) is 12.3 Å². The fourth-order valence-electron chi connectivity index (χ4n) is 2.00. The van der Waals surface area contributed by atoms with E-state index in [4.69, 9.17) is 9.52 Å². The zero-order chi connectivity index (χ0) is 13.0. The van der Waals surface area contributed by atoms with Gasteiger partial charge in [-0.05, 0) is 31.4 Å². The summed E-state index contributed by atoms with van der Waals surface area (Å²) in [4.78, 5) is 13.2. The molecule has 1 saturated carbocycles. The summed E-state index contributed by atoms with van der Waals surface area (Å²) in [5.74, 6) is 0.120. The van der Waals surface area contributed by atoms with E-state index in [0.29, 0.717) is 24.6 Å². The molecule has 98 valence electrons. The van der Waals surface area contributed by atoms with Crippen LogP contribution in [0.25, 0.3) is 0 Å². The highest BCUT2D eigenvalue weighted by atomic mass is 16.4. The second kappa shape index (κ2) is 5.87. The van der Waals surface area contributed by atoms with E-state index >= 15 is 0 Å². The van der Waals surface area contributed by atoms with Gasteiger partial charge >= 0.3 is 5.97 Å².